The first-order valence-corrected chi connectivity index (χ1v) is 7.17. The Hall–Kier alpha value is -1.60. The van der Waals surface area contributed by atoms with Gasteiger partial charge in [0.1, 0.15) is 10.7 Å². The number of hydrogen-bond donors (Lipinski definition) is 2. The van der Waals surface area contributed by atoms with Crippen molar-refractivity contribution in [1.82, 2.24) is 10.2 Å². The molecule has 0 saturated heterocycles. The fourth-order valence-electron chi connectivity index (χ4n) is 1.70. The van der Waals surface area contributed by atoms with Crippen LogP contribution in [-0.2, 0) is 10.0 Å². The second-order valence-electron chi connectivity index (χ2n) is 4.00. The van der Waals surface area contributed by atoms with Gasteiger partial charge in [-0.05, 0) is 32.0 Å². The van der Waals surface area contributed by atoms with Crippen molar-refractivity contribution in [3.8, 4) is 0 Å². The lowest BCUT2D eigenvalue weighted by molar-refractivity contribution is 0.600. The number of aromatic amines is 1. The van der Waals surface area contributed by atoms with E-state index in [2.05, 4.69) is 14.9 Å². The van der Waals surface area contributed by atoms with Gasteiger partial charge >= 0.3 is 0 Å². The number of nitrogens with zero attached hydrogens (tertiary/aromatic N) is 1. The molecule has 0 bridgehead atoms. The van der Waals surface area contributed by atoms with E-state index in [4.69, 9.17) is 11.6 Å². The van der Waals surface area contributed by atoms with Gasteiger partial charge in [-0.1, -0.05) is 11.6 Å². The minimum absolute atomic E-state index is 0.0582. The summed E-state index contributed by atoms with van der Waals surface area (Å²) in [5.74, 6) is -0.692. The molecule has 5 nitrogen and oxygen atoms in total. The Morgan fingerprint density at radius 1 is 1.37 bits per heavy atom. The first-order chi connectivity index (χ1) is 8.81. The maximum atomic E-state index is 13.3. The average Bonchev–Trinajstić information content (AvgIpc) is 2.64. The lowest BCUT2D eigenvalue weighted by Gasteiger charge is -2.08. The van der Waals surface area contributed by atoms with E-state index in [1.165, 1.54) is 12.1 Å². The predicted molar refractivity (Wildman–Crippen MR) is 70.3 cm³/mol. The maximum Gasteiger partial charge on any atom is 0.265 e. The summed E-state index contributed by atoms with van der Waals surface area (Å²) < 4.78 is 39.9. The number of rotatable bonds is 3. The van der Waals surface area contributed by atoms with Gasteiger partial charge in [0.2, 0.25) is 0 Å². The summed E-state index contributed by atoms with van der Waals surface area (Å²) in [6.45, 7) is 3.16. The quantitative estimate of drug-likeness (QED) is 0.915. The molecule has 8 heteroatoms. The number of H-pyrrole nitrogens is 1. The number of hydrogen-bond acceptors (Lipinski definition) is 3. The average molecular weight is 304 g/mol. The van der Waals surface area contributed by atoms with Crippen LogP contribution in [0, 0.1) is 19.7 Å². The number of halogens is 2. The minimum atomic E-state index is -3.81. The van der Waals surface area contributed by atoms with Crippen molar-refractivity contribution in [1.29, 1.82) is 0 Å². The van der Waals surface area contributed by atoms with Crippen molar-refractivity contribution < 1.29 is 12.8 Å². The molecule has 0 radical (unpaired) electrons. The zero-order valence-electron chi connectivity index (χ0n) is 10.2. The molecule has 0 saturated carbocycles. The summed E-state index contributed by atoms with van der Waals surface area (Å²) in [4.78, 5) is 0.0582. The third-order valence-corrected chi connectivity index (χ3v) is 4.45. The summed E-state index contributed by atoms with van der Waals surface area (Å²) in [7, 11) is -3.81. The van der Waals surface area contributed by atoms with Gasteiger partial charge in [-0.2, -0.15) is 5.10 Å². The lowest BCUT2D eigenvalue weighted by atomic mass is 10.3. The van der Waals surface area contributed by atoms with Gasteiger partial charge in [0.15, 0.2) is 0 Å². The van der Waals surface area contributed by atoms with Crippen molar-refractivity contribution in [2.45, 2.75) is 18.7 Å². The Balaban J connectivity index is 2.39. The van der Waals surface area contributed by atoms with Crippen LogP contribution in [0.3, 0.4) is 0 Å². The van der Waals surface area contributed by atoms with Gasteiger partial charge in [-0.25, -0.2) is 12.8 Å². The Kier molecular flexibility index (Phi) is 3.51. The first-order valence-electron chi connectivity index (χ1n) is 5.30. The van der Waals surface area contributed by atoms with Gasteiger partial charge in [-0.3, -0.25) is 9.82 Å². The Labute approximate surface area is 114 Å². The number of anilines is 1. The standard InChI is InChI=1S/C11H11ClFN3O2S/c1-6-11(7(2)15-14-6)19(17,18)16-8-3-4-9(12)10(13)5-8/h3-5,16H,1-2H3,(H,14,15). The van der Waals surface area contributed by atoms with E-state index in [-0.39, 0.29) is 15.6 Å². The fourth-order valence-corrected chi connectivity index (χ4v) is 3.24. The third-order valence-electron chi connectivity index (χ3n) is 2.50. The van der Waals surface area contributed by atoms with E-state index in [0.29, 0.717) is 11.4 Å². The normalized spacial score (nSPS) is 11.6. The van der Waals surface area contributed by atoms with E-state index >= 15 is 0 Å². The summed E-state index contributed by atoms with van der Waals surface area (Å²) in [6.07, 6.45) is 0. The van der Waals surface area contributed by atoms with Gasteiger partial charge < -0.3 is 0 Å². The molecule has 2 aromatic rings. The SMILES string of the molecule is Cc1n[nH]c(C)c1S(=O)(=O)Nc1ccc(Cl)c(F)c1. The van der Waals surface area contributed by atoms with Gasteiger partial charge in [0, 0.05) is 0 Å². The number of nitrogens with one attached hydrogen (secondary N) is 2. The Morgan fingerprint density at radius 3 is 2.58 bits per heavy atom. The number of benzene rings is 1. The van der Waals surface area contributed by atoms with E-state index in [1.54, 1.807) is 13.8 Å². The second-order valence-corrected chi connectivity index (χ2v) is 6.02. The van der Waals surface area contributed by atoms with Gasteiger partial charge in [0.25, 0.3) is 10.0 Å². The predicted octanol–water partition coefficient (Wildman–Crippen LogP) is 2.62. The summed E-state index contributed by atoms with van der Waals surface area (Å²) >= 11 is 5.53. The Bertz CT molecular complexity index is 708. The number of sulfonamides is 1. The number of aryl methyl sites for hydroxylation is 2. The zero-order valence-corrected chi connectivity index (χ0v) is 11.7. The van der Waals surface area contributed by atoms with Crippen molar-refractivity contribution in [2.24, 2.45) is 0 Å². The monoisotopic (exact) mass is 303 g/mol. The lowest BCUT2D eigenvalue weighted by Crippen LogP contribution is -2.14. The third kappa shape index (κ3) is 2.71. The smallest absolute Gasteiger partial charge is 0.265 e. The molecule has 0 atom stereocenters. The van der Waals surface area contributed by atoms with Crippen LogP contribution in [0.25, 0.3) is 0 Å². The highest BCUT2D eigenvalue weighted by atomic mass is 35.5. The van der Waals surface area contributed by atoms with Crippen molar-refractivity contribution in [3.05, 3.63) is 40.4 Å². The van der Waals surface area contributed by atoms with Crippen LogP contribution >= 0.6 is 11.6 Å². The molecule has 0 aliphatic carbocycles. The van der Waals surface area contributed by atoms with E-state index in [0.717, 1.165) is 6.07 Å². The molecule has 0 amide bonds. The van der Waals surface area contributed by atoms with Crippen LogP contribution in [0.5, 0.6) is 0 Å². The van der Waals surface area contributed by atoms with Gasteiger partial charge in [0.05, 0.1) is 22.1 Å². The highest BCUT2D eigenvalue weighted by Crippen LogP contribution is 2.23. The molecule has 102 valence electrons. The molecule has 2 N–H and O–H groups in total. The molecule has 1 aromatic heterocycles. The molecule has 1 aromatic carbocycles. The van der Waals surface area contributed by atoms with E-state index in [1.807, 2.05) is 0 Å². The molecular formula is C11H11ClFN3O2S. The summed E-state index contributed by atoms with van der Waals surface area (Å²) in [5.41, 5.74) is 0.862. The zero-order chi connectivity index (χ0) is 14.2. The fraction of sp³-hybridized carbons (Fsp3) is 0.182. The molecule has 1 heterocycles. The molecule has 0 spiro atoms. The largest absolute Gasteiger partial charge is 0.281 e. The molecule has 19 heavy (non-hydrogen) atoms. The van der Waals surface area contributed by atoms with Crippen molar-refractivity contribution in [3.63, 3.8) is 0 Å². The highest BCUT2D eigenvalue weighted by molar-refractivity contribution is 7.92. The molecule has 0 aliphatic rings. The van der Waals surface area contributed by atoms with Crippen LogP contribution in [-0.4, -0.2) is 18.6 Å². The van der Waals surface area contributed by atoms with E-state index in [9.17, 15) is 12.8 Å². The molecular weight excluding hydrogens is 293 g/mol. The second kappa shape index (κ2) is 4.82. The summed E-state index contributed by atoms with van der Waals surface area (Å²) in [5, 5.41) is 6.33. The molecule has 0 unspecified atom stereocenters. The van der Waals surface area contributed by atoms with Gasteiger partial charge in [-0.15, -0.1) is 0 Å². The van der Waals surface area contributed by atoms with Crippen LogP contribution in [0.2, 0.25) is 5.02 Å². The van der Waals surface area contributed by atoms with Crippen LogP contribution in [0.15, 0.2) is 23.1 Å². The highest BCUT2D eigenvalue weighted by Gasteiger charge is 2.22. The summed E-state index contributed by atoms with van der Waals surface area (Å²) in [6, 6.07) is 3.68. The van der Waals surface area contributed by atoms with E-state index < -0.39 is 15.8 Å². The van der Waals surface area contributed by atoms with Crippen LogP contribution < -0.4 is 4.72 Å². The minimum Gasteiger partial charge on any atom is -0.281 e. The maximum absolute atomic E-state index is 13.3. The van der Waals surface area contributed by atoms with Crippen LogP contribution in [0.1, 0.15) is 11.4 Å². The molecule has 0 aliphatic heterocycles. The van der Waals surface area contributed by atoms with Crippen molar-refractivity contribution >= 4 is 27.3 Å². The first kappa shape index (κ1) is 13.8. The van der Waals surface area contributed by atoms with Crippen LogP contribution in [0.4, 0.5) is 10.1 Å². The Morgan fingerprint density at radius 2 is 2.05 bits per heavy atom. The topological polar surface area (TPSA) is 74.8 Å². The number of aromatic nitrogens is 2. The van der Waals surface area contributed by atoms with Crippen molar-refractivity contribution in [2.75, 3.05) is 4.72 Å². The molecule has 2 rings (SSSR count). The molecule has 0 fully saturated rings.